The summed E-state index contributed by atoms with van der Waals surface area (Å²) in [5.41, 5.74) is 3.83. The molecule has 0 atom stereocenters. The molecule has 21 heavy (non-hydrogen) atoms. The Balaban J connectivity index is 1.65. The Kier molecular flexibility index (Phi) is 4.06. The molecule has 1 heterocycles. The Labute approximate surface area is 126 Å². The average Bonchev–Trinajstić information content (AvgIpc) is 2.57. The fourth-order valence-corrected chi connectivity index (χ4v) is 2.46. The zero-order valence-corrected chi connectivity index (χ0v) is 12.2. The van der Waals surface area contributed by atoms with Crippen LogP contribution in [-0.4, -0.2) is 18.6 Å². The van der Waals surface area contributed by atoms with Crippen LogP contribution in [0.1, 0.15) is 11.1 Å². The number of benzene rings is 2. The molecule has 2 aromatic rings. The maximum Gasteiger partial charge on any atom is 0.118 e. The molecule has 0 spiro atoms. The molecule has 0 saturated heterocycles. The zero-order valence-electron chi connectivity index (χ0n) is 12.2. The van der Waals surface area contributed by atoms with Crippen LogP contribution >= 0.6 is 0 Å². The molecule has 0 aliphatic carbocycles. The highest BCUT2D eigenvalue weighted by atomic mass is 16.5. The Bertz CT molecular complexity index is 641. The minimum Gasteiger partial charge on any atom is -0.497 e. The lowest BCUT2D eigenvalue weighted by Crippen LogP contribution is -2.19. The molecule has 0 fully saturated rings. The lowest BCUT2D eigenvalue weighted by molar-refractivity contribution is 0.406. The predicted octanol–water partition coefficient (Wildman–Crippen LogP) is 4.11. The summed E-state index contributed by atoms with van der Waals surface area (Å²) >= 11 is 0. The molecule has 2 aromatic carbocycles. The summed E-state index contributed by atoms with van der Waals surface area (Å²) in [7, 11) is 1.69. The second-order valence-electron chi connectivity index (χ2n) is 5.12. The zero-order chi connectivity index (χ0) is 14.5. The van der Waals surface area contributed by atoms with Crippen molar-refractivity contribution in [3.63, 3.8) is 0 Å². The van der Waals surface area contributed by atoms with Crippen LogP contribution in [0.15, 0.2) is 72.9 Å². The van der Waals surface area contributed by atoms with E-state index in [1.54, 1.807) is 7.11 Å². The Morgan fingerprint density at radius 1 is 1.00 bits per heavy atom. The van der Waals surface area contributed by atoms with Crippen LogP contribution in [0.25, 0.3) is 5.57 Å². The molecule has 2 nitrogen and oxygen atoms in total. The third-order valence-electron chi connectivity index (χ3n) is 3.66. The highest BCUT2D eigenvalue weighted by Gasteiger charge is 2.07. The molecule has 1 aliphatic rings. The van der Waals surface area contributed by atoms with Crippen LogP contribution in [0.5, 0.6) is 5.75 Å². The van der Waals surface area contributed by atoms with E-state index in [4.69, 9.17) is 4.74 Å². The van der Waals surface area contributed by atoms with Crippen LogP contribution < -0.4 is 4.74 Å². The predicted molar refractivity (Wildman–Crippen MR) is 87.0 cm³/mol. The number of hydrogen-bond acceptors (Lipinski definition) is 2. The number of methoxy groups -OCH3 is 1. The van der Waals surface area contributed by atoms with E-state index in [1.165, 1.54) is 16.7 Å². The van der Waals surface area contributed by atoms with Gasteiger partial charge in [0.15, 0.2) is 0 Å². The third-order valence-corrected chi connectivity index (χ3v) is 3.66. The minimum absolute atomic E-state index is 0.893. The molecule has 2 heteroatoms. The van der Waals surface area contributed by atoms with E-state index in [2.05, 4.69) is 65.7 Å². The molecule has 106 valence electrons. The van der Waals surface area contributed by atoms with Crippen molar-refractivity contribution in [2.24, 2.45) is 0 Å². The molecule has 0 aromatic heterocycles. The van der Waals surface area contributed by atoms with Gasteiger partial charge in [-0.1, -0.05) is 48.5 Å². The normalized spacial score (nSPS) is 14.0. The van der Waals surface area contributed by atoms with Crippen molar-refractivity contribution in [3.8, 4) is 5.75 Å². The minimum atomic E-state index is 0.893. The lowest BCUT2D eigenvalue weighted by atomic mass is 10.0. The first kappa shape index (κ1) is 13.5. The van der Waals surface area contributed by atoms with Gasteiger partial charge in [-0.15, -0.1) is 0 Å². The SMILES string of the molecule is COc1ccc(C2=CCN(Cc3ccccc3)C=C2)cc1. The van der Waals surface area contributed by atoms with Gasteiger partial charge in [-0.05, 0) is 34.9 Å². The summed E-state index contributed by atoms with van der Waals surface area (Å²) in [6.07, 6.45) is 6.62. The molecule has 0 N–H and O–H groups in total. The summed E-state index contributed by atoms with van der Waals surface area (Å²) in [5, 5.41) is 0. The number of ether oxygens (including phenoxy) is 1. The van der Waals surface area contributed by atoms with E-state index >= 15 is 0 Å². The molecule has 0 unspecified atom stereocenters. The van der Waals surface area contributed by atoms with Gasteiger partial charge in [-0.25, -0.2) is 0 Å². The molecular formula is C19H19NO. The fourth-order valence-electron chi connectivity index (χ4n) is 2.46. The molecular weight excluding hydrogens is 258 g/mol. The van der Waals surface area contributed by atoms with Crippen LogP contribution in [0.2, 0.25) is 0 Å². The monoisotopic (exact) mass is 277 g/mol. The van der Waals surface area contributed by atoms with Crippen molar-refractivity contribution in [3.05, 3.63) is 84.1 Å². The Morgan fingerprint density at radius 3 is 2.38 bits per heavy atom. The first-order valence-electron chi connectivity index (χ1n) is 7.16. The van der Waals surface area contributed by atoms with E-state index < -0.39 is 0 Å². The molecule has 1 aliphatic heterocycles. The maximum atomic E-state index is 5.19. The largest absolute Gasteiger partial charge is 0.497 e. The molecule has 0 saturated carbocycles. The van der Waals surface area contributed by atoms with Crippen LogP contribution in [0.4, 0.5) is 0 Å². The Hall–Kier alpha value is -2.48. The first-order valence-corrected chi connectivity index (χ1v) is 7.16. The van der Waals surface area contributed by atoms with Crippen LogP contribution in [0, 0.1) is 0 Å². The second-order valence-corrected chi connectivity index (χ2v) is 5.12. The van der Waals surface area contributed by atoms with Gasteiger partial charge < -0.3 is 9.64 Å². The van der Waals surface area contributed by atoms with E-state index in [-0.39, 0.29) is 0 Å². The molecule has 0 radical (unpaired) electrons. The molecule has 0 bridgehead atoms. The average molecular weight is 277 g/mol. The van der Waals surface area contributed by atoms with E-state index in [9.17, 15) is 0 Å². The van der Waals surface area contributed by atoms with Crippen molar-refractivity contribution in [2.75, 3.05) is 13.7 Å². The van der Waals surface area contributed by atoms with Gasteiger partial charge in [0, 0.05) is 19.3 Å². The van der Waals surface area contributed by atoms with E-state index in [0.29, 0.717) is 0 Å². The quantitative estimate of drug-likeness (QED) is 0.834. The van der Waals surface area contributed by atoms with Crippen molar-refractivity contribution < 1.29 is 4.74 Å². The van der Waals surface area contributed by atoms with Crippen LogP contribution in [-0.2, 0) is 6.54 Å². The first-order chi connectivity index (χ1) is 10.3. The summed E-state index contributed by atoms with van der Waals surface area (Å²) < 4.78 is 5.19. The fraction of sp³-hybridized carbons (Fsp3) is 0.158. The lowest BCUT2D eigenvalue weighted by Gasteiger charge is -2.23. The third kappa shape index (κ3) is 3.34. The van der Waals surface area contributed by atoms with Gasteiger partial charge in [0.1, 0.15) is 5.75 Å². The standard InChI is InChI=1S/C19H19NO/c1-21-19-9-7-17(8-10-19)18-11-13-20(14-12-18)15-16-5-3-2-4-6-16/h2-13H,14-15H2,1H3. The summed E-state index contributed by atoms with van der Waals surface area (Å²) in [4.78, 5) is 2.31. The van der Waals surface area contributed by atoms with Crippen molar-refractivity contribution in [2.45, 2.75) is 6.54 Å². The topological polar surface area (TPSA) is 12.5 Å². The van der Waals surface area contributed by atoms with E-state index in [1.807, 2.05) is 12.1 Å². The number of rotatable bonds is 4. The highest BCUT2D eigenvalue weighted by molar-refractivity contribution is 5.75. The van der Waals surface area contributed by atoms with Crippen LogP contribution in [0.3, 0.4) is 0 Å². The number of allylic oxidation sites excluding steroid dienone is 2. The van der Waals surface area contributed by atoms with Gasteiger partial charge in [-0.3, -0.25) is 0 Å². The highest BCUT2D eigenvalue weighted by Crippen LogP contribution is 2.22. The summed E-state index contributed by atoms with van der Waals surface area (Å²) in [6, 6.07) is 18.7. The van der Waals surface area contributed by atoms with Gasteiger partial charge in [0.2, 0.25) is 0 Å². The van der Waals surface area contributed by atoms with Crippen molar-refractivity contribution in [1.82, 2.24) is 4.90 Å². The summed E-state index contributed by atoms with van der Waals surface area (Å²) in [5.74, 6) is 0.893. The molecule has 3 rings (SSSR count). The Morgan fingerprint density at radius 2 is 1.76 bits per heavy atom. The molecule has 0 amide bonds. The van der Waals surface area contributed by atoms with Gasteiger partial charge in [0.25, 0.3) is 0 Å². The number of nitrogens with zero attached hydrogens (tertiary/aromatic N) is 1. The summed E-state index contributed by atoms with van der Waals surface area (Å²) in [6.45, 7) is 1.89. The van der Waals surface area contributed by atoms with Gasteiger partial charge in [-0.2, -0.15) is 0 Å². The van der Waals surface area contributed by atoms with Gasteiger partial charge >= 0.3 is 0 Å². The van der Waals surface area contributed by atoms with Gasteiger partial charge in [0.05, 0.1) is 7.11 Å². The second kappa shape index (κ2) is 6.31. The van der Waals surface area contributed by atoms with Crippen molar-refractivity contribution in [1.29, 1.82) is 0 Å². The smallest absolute Gasteiger partial charge is 0.118 e. The van der Waals surface area contributed by atoms with E-state index in [0.717, 1.165) is 18.8 Å². The maximum absolute atomic E-state index is 5.19. The number of hydrogen-bond donors (Lipinski definition) is 0. The van der Waals surface area contributed by atoms with Crippen molar-refractivity contribution >= 4 is 5.57 Å².